The first kappa shape index (κ1) is 7.19. The summed E-state index contributed by atoms with van der Waals surface area (Å²) < 4.78 is 34.8. The van der Waals surface area contributed by atoms with Crippen molar-refractivity contribution in [3.63, 3.8) is 0 Å². The molecule has 0 amide bonds. The Morgan fingerprint density at radius 1 is 1.22 bits per heavy atom. The van der Waals surface area contributed by atoms with Crippen molar-refractivity contribution in [2.75, 3.05) is 0 Å². The lowest BCUT2D eigenvalue weighted by Gasteiger charge is -2.32. The van der Waals surface area contributed by atoms with Gasteiger partial charge >= 0.3 is 6.18 Å². The van der Waals surface area contributed by atoms with Gasteiger partial charge in [-0.1, -0.05) is 0 Å². The molecule has 4 heteroatoms. The average molecular weight is 159 g/mol. The molecular formula is C5H6ClF3. The molecule has 54 valence electrons. The first-order valence-electron chi connectivity index (χ1n) is 2.71. The zero-order valence-electron chi connectivity index (χ0n) is 4.58. The molecule has 0 radical (unpaired) electrons. The molecule has 9 heavy (non-hydrogen) atoms. The lowest BCUT2D eigenvalue weighted by molar-refractivity contribution is -0.192. The van der Waals surface area contributed by atoms with Gasteiger partial charge in [0.05, 0.1) is 5.92 Å². The molecule has 0 aromatic carbocycles. The summed E-state index contributed by atoms with van der Waals surface area (Å²) in [6.07, 6.45) is -3.80. The standard InChI is InChI=1S/C5H6ClF3/c6-4-1-3(2-4)5(7,8)9/h3-4H,1-2H2/t3-,4-. The number of halogens is 4. The number of alkyl halides is 4. The monoisotopic (exact) mass is 158 g/mol. The van der Waals surface area contributed by atoms with E-state index in [1.165, 1.54) is 0 Å². The molecule has 1 aliphatic carbocycles. The Balaban J connectivity index is 2.32. The second-order valence-electron chi connectivity index (χ2n) is 2.31. The van der Waals surface area contributed by atoms with Crippen molar-refractivity contribution in [2.24, 2.45) is 5.92 Å². The average Bonchev–Trinajstić information content (AvgIpc) is 1.55. The quantitative estimate of drug-likeness (QED) is 0.476. The van der Waals surface area contributed by atoms with Crippen LogP contribution in [0.2, 0.25) is 0 Å². The molecule has 0 N–H and O–H groups in total. The summed E-state index contributed by atoms with van der Waals surface area (Å²) in [4.78, 5) is 0. The van der Waals surface area contributed by atoms with Crippen LogP contribution >= 0.6 is 11.6 Å². The van der Waals surface area contributed by atoms with E-state index in [9.17, 15) is 13.2 Å². The molecule has 0 heterocycles. The number of hydrogen-bond acceptors (Lipinski definition) is 0. The maximum absolute atomic E-state index is 11.6. The van der Waals surface area contributed by atoms with Crippen molar-refractivity contribution < 1.29 is 13.2 Å². The molecule has 0 bridgehead atoms. The van der Waals surface area contributed by atoms with Gasteiger partial charge in [0.1, 0.15) is 0 Å². The van der Waals surface area contributed by atoms with Gasteiger partial charge in [-0.3, -0.25) is 0 Å². The third-order valence-corrected chi connectivity index (χ3v) is 1.90. The molecule has 1 saturated carbocycles. The van der Waals surface area contributed by atoms with Gasteiger partial charge in [0.15, 0.2) is 0 Å². The second-order valence-corrected chi connectivity index (χ2v) is 2.92. The van der Waals surface area contributed by atoms with Gasteiger partial charge in [-0.05, 0) is 12.8 Å². The highest BCUT2D eigenvalue weighted by Gasteiger charge is 2.47. The Labute approximate surface area is 56.0 Å². The minimum atomic E-state index is -4.01. The summed E-state index contributed by atoms with van der Waals surface area (Å²) in [5, 5.41) is -0.239. The predicted molar refractivity (Wildman–Crippen MR) is 28.4 cm³/mol. The Morgan fingerprint density at radius 2 is 1.67 bits per heavy atom. The van der Waals surface area contributed by atoms with Crippen LogP contribution in [-0.4, -0.2) is 11.6 Å². The van der Waals surface area contributed by atoms with Gasteiger partial charge in [-0.2, -0.15) is 13.2 Å². The Morgan fingerprint density at radius 3 is 1.78 bits per heavy atom. The summed E-state index contributed by atoms with van der Waals surface area (Å²) >= 11 is 5.35. The van der Waals surface area contributed by atoms with Crippen molar-refractivity contribution in [3.8, 4) is 0 Å². The molecule has 1 fully saturated rings. The van der Waals surface area contributed by atoms with E-state index < -0.39 is 12.1 Å². The van der Waals surface area contributed by atoms with E-state index in [2.05, 4.69) is 0 Å². The van der Waals surface area contributed by atoms with Crippen molar-refractivity contribution in [2.45, 2.75) is 24.4 Å². The van der Waals surface area contributed by atoms with Crippen LogP contribution in [0.3, 0.4) is 0 Å². The normalized spacial score (nSPS) is 36.0. The molecule has 0 unspecified atom stereocenters. The van der Waals surface area contributed by atoms with Gasteiger partial charge in [0, 0.05) is 5.38 Å². The number of rotatable bonds is 0. The molecule has 0 nitrogen and oxygen atoms in total. The molecule has 0 aromatic heterocycles. The Bertz CT molecular complexity index is 103. The van der Waals surface area contributed by atoms with Crippen LogP contribution in [0.4, 0.5) is 13.2 Å². The van der Waals surface area contributed by atoms with E-state index in [0.29, 0.717) is 0 Å². The van der Waals surface area contributed by atoms with Crippen LogP contribution in [-0.2, 0) is 0 Å². The van der Waals surface area contributed by atoms with Crippen LogP contribution in [0.25, 0.3) is 0 Å². The Hall–Kier alpha value is 0.0800. The maximum atomic E-state index is 11.6. The lowest BCUT2D eigenvalue weighted by Crippen LogP contribution is -2.36. The second kappa shape index (κ2) is 2.04. The minimum absolute atomic E-state index is 0.102. The van der Waals surface area contributed by atoms with Crippen LogP contribution in [0.15, 0.2) is 0 Å². The van der Waals surface area contributed by atoms with Crippen LogP contribution in [0.5, 0.6) is 0 Å². The largest absolute Gasteiger partial charge is 0.391 e. The molecule has 0 spiro atoms. The van der Waals surface area contributed by atoms with Crippen molar-refractivity contribution in [3.05, 3.63) is 0 Å². The van der Waals surface area contributed by atoms with Gasteiger partial charge in [0.25, 0.3) is 0 Å². The van der Waals surface area contributed by atoms with E-state index in [1.807, 2.05) is 0 Å². The first-order chi connectivity index (χ1) is 4.00. The molecule has 0 aliphatic heterocycles. The molecule has 0 saturated heterocycles. The summed E-state index contributed by atoms with van der Waals surface area (Å²) in [6.45, 7) is 0. The highest BCUT2D eigenvalue weighted by Crippen LogP contribution is 2.43. The molecular weight excluding hydrogens is 153 g/mol. The molecule has 1 rings (SSSR count). The minimum Gasteiger partial charge on any atom is -0.171 e. The third kappa shape index (κ3) is 1.51. The zero-order chi connectivity index (χ0) is 7.07. The van der Waals surface area contributed by atoms with E-state index in [1.54, 1.807) is 0 Å². The zero-order valence-corrected chi connectivity index (χ0v) is 5.34. The summed E-state index contributed by atoms with van der Waals surface area (Å²) in [5.41, 5.74) is 0. The third-order valence-electron chi connectivity index (χ3n) is 1.54. The maximum Gasteiger partial charge on any atom is 0.391 e. The van der Waals surface area contributed by atoms with Gasteiger partial charge in [0.2, 0.25) is 0 Å². The van der Waals surface area contributed by atoms with Crippen molar-refractivity contribution in [1.29, 1.82) is 0 Å². The topological polar surface area (TPSA) is 0 Å². The van der Waals surface area contributed by atoms with Crippen LogP contribution in [0, 0.1) is 5.92 Å². The fourth-order valence-electron chi connectivity index (χ4n) is 0.816. The molecule has 1 aliphatic rings. The molecule has 0 aromatic rings. The number of hydrogen-bond donors (Lipinski definition) is 0. The van der Waals surface area contributed by atoms with E-state index in [4.69, 9.17) is 11.6 Å². The summed E-state index contributed by atoms with van der Waals surface area (Å²) in [5.74, 6) is -1.13. The van der Waals surface area contributed by atoms with E-state index in [-0.39, 0.29) is 18.2 Å². The Kier molecular flexibility index (Phi) is 1.63. The predicted octanol–water partition coefficient (Wildman–Crippen LogP) is 2.57. The van der Waals surface area contributed by atoms with Crippen LogP contribution in [0.1, 0.15) is 12.8 Å². The molecule has 0 atom stereocenters. The van der Waals surface area contributed by atoms with Crippen molar-refractivity contribution in [1.82, 2.24) is 0 Å². The van der Waals surface area contributed by atoms with Gasteiger partial charge in [-0.25, -0.2) is 0 Å². The smallest absolute Gasteiger partial charge is 0.171 e. The highest BCUT2D eigenvalue weighted by atomic mass is 35.5. The highest BCUT2D eigenvalue weighted by molar-refractivity contribution is 6.21. The summed E-state index contributed by atoms with van der Waals surface area (Å²) in [7, 11) is 0. The van der Waals surface area contributed by atoms with E-state index in [0.717, 1.165) is 0 Å². The van der Waals surface area contributed by atoms with Crippen LogP contribution < -0.4 is 0 Å². The lowest BCUT2D eigenvalue weighted by atomic mass is 9.84. The van der Waals surface area contributed by atoms with Gasteiger partial charge < -0.3 is 0 Å². The van der Waals surface area contributed by atoms with Gasteiger partial charge in [-0.15, -0.1) is 11.6 Å². The fourth-order valence-corrected chi connectivity index (χ4v) is 1.25. The SMILES string of the molecule is FC(F)(F)[C@H]1C[C@H](Cl)C1. The summed E-state index contributed by atoms with van der Waals surface area (Å²) in [6, 6.07) is 0. The van der Waals surface area contributed by atoms with Crippen molar-refractivity contribution >= 4 is 11.6 Å². The fraction of sp³-hybridized carbons (Fsp3) is 1.00. The first-order valence-corrected chi connectivity index (χ1v) is 3.14. The van der Waals surface area contributed by atoms with E-state index >= 15 is 0 Å².